The molecule has 1 heterocycles. The topological polar surface area (TPSA) is 42.1 Å². The zero-order valence-corrected chi connectivity index (χ0v) is 12.5. The van der Waals surface area contributed by atoms with Gasteiger partial charge in [-0.2, -0.15) is 0 Å². The van der Waals surface area contributed by atoms with E-state index in [1.54, 1.807) is 0 Å². The first kappa shape index (κ1) is 14.2. The monoisotopic (exact) mass is 319 g/mol. The number of rotatable bonds is 5. The first-order valence-corrected chi connectivity index (χ1v) is 7.06. The summed E-state index contributed by atoms with van der Waals surface area (Å²) in [5.74, 6) is 0. The van der Waals surface area contributed by atoms with Gasteiger partial charge in [0, 0.05) is 23.8 Å². The number of likely N-dealkylation sites (N-methyl/N-ethyl adjacent to an activating group) is 1. The van der Waals surface area contributed by atoms with Crippen molar-refractivity contribution in [2.45, 2.75) is 12.6 Å². The van der Waals surface area contributed by atoms with Crippen molar-refractivity contribution in [2.24, 2.45) is 5.73 Å². The molecule has 2 rings (SSSR count). The quantitative estimate of drug-likeness (QED) is 0.921. The molecule has 0 radical (unpaired) electrons. The average molecular weight is 320 g/mol. The molecule has 0 saturated heterocycles. The largest absolute Gasteiger partial charge is 0.329 e. The summed E-state index contributed by atoms with van der Waals surface area (Å²) in [6, 6.07) is 14.3. The standard InChI is InChI=1S/C15H18BrN3/c1-19(11-12-6-2-3-7-13(12)16)15(10-17)14-8-4-5-9-18-14/h2-9,15H,10-11,17H2,1H3. The summed E-state index contributed by atoms with van der Waals surface area (Å²) in [6.07, 6.45) is 1.81. The zero-order valence-electron chi connectivity index (χ0n) is 11.0. The molecule has 0 aliphatic heterocycles. The molecule has 1 unspecified atom stereocenters. The van der Waals surface area contributed by atoms with Gasteiger partial charge in [0.25, 0.3) is 0 Å². The van der Waals surface area contributed by atoms with E-state index in [9.17, 15) is 0 Å². The molecule has 100 valence electrons. The lowest BCUT2D eigenvalue weighted by atomic mass is 10.1. The molecule has 0 bridgehead atoms. The van der Waals surface area contributed by atoms with Gasteiger partial charge in [0.15, 0.2) is 0 Å². The highest BCUT2D eigenvalue weighted by atomic mass is 79.9. The Morgan fingerprint density at radius 3 is 2.58 bits per heavy atom. The van der Waals surface area contributed by atoms with Crippen LogP contribution >= 0.6 is 15.9 Å². The Balaban J connectivity index is 2.14. The van der Waals surface area contributed by atoms with Crippen LogP contribution in [0.1, 0.15) is 17.3 Å². The Labute approximate surface area is 122 Å². The number of hydrogen-bond donors (Lipinski definition) is 1. The number of halogens is 1. The number of nitrogens with two attached hydrogens (primary N) is 1. The van der Waals surface area contributed by atoms with Crippen LogP contribution in [-0.4, -0.2) is 23.5 Å². The van der Waals surface area contributed by atoms with Gasteiger partial charge in [-0.1, -0.05) is 40.2 Å². The fourth-order valence-corrected chi connectivity index (χ4v) is 2.52. The number of pyridine rings is 1. The van der Waals surface area contributed by atoms with Crippen molar-refractivity contribution in [3.8, 4) is 0 Å². The second kappa shape index (κ2) is 6.80. The fraction of sp³-hybridized carbons (Fsp3) is 0.267. The Morgan fingerprint density at radius 1 is 1.21 bits per heavy atom. The Hall–Kier alpha value is -1.23. The van der Waals surface area contributed by atoms with Crippen LogP contribution in [0.25, 0.3) is 0 Å². The molecule has 1 aromatic heterocycles. The molecule has 3 nitrogen and oxygen atoms in total. The van der Waals surface area contributed by atoms with Crippen LogP contribution < -0.4 is 5.73 Å². The third-order valence-corrected chi connectivity index (χ3v) is 3.94. The van der Waals surface area contributed by atoms with E-state index in [0.717, 1.165) is 16.7 Å². The molecule has 2 N–H and O–H groups in total. The third-order valence-electron chi connectivity index (χ3n) is 3.16. The summed E-state index contributed by atoms with van der Waals surface area (Å²) >= 11 is 3.58. The smallest absolute Gasteiger partial charge is 0.0644 e. The highest BCUT2D eigenvalue weighted by Gasteiger charge is 2.17. The van der Waals surface area contributed by atoms with Crippen molar-refractivity contribution in [3.05, 3.63) is 64.4 Å². The number of aromatic nitrogens is 1. The van der Waals surface area contributed by atoms with Crippen LogP contribution in [0.3, 0.4) is 0 Å². The van der Waals surface area contributed by atoms with Gasteiger partial charge in [0.1, 0.15) is 0 Å². The highest BCUT2D eigenvalue weighted by Crippen LogP contribution is 2.22. The molecule has 4 heteroatoms. The molecule has 0 amide bonds. The molecule has 0 saturated carbocycles. The van der Waals surface area contributed by atoms with Gasteiger partial charge < -0.3 is 5.73 Å². The minimum absolute atomic E-state index is 0.133. The maximum absolute atomic E-state index is 5.90. The molecule has 1 aromatic carbocycles. The summed E-state index contributed by atoms with van der Waals surface area (Å²) in [6.45, 7) is 1.39. The van der Waals surface area contributed by atoms with Crippen LogP contribution in [0.2, 0.25) is 0 Å². The van der Waals surface area contributed by atoms with Gasteiger partial charge in [-0.15, -0.1) is 0 Å². The van der Waals surface area contributed by atoms with Crippen molar-refractivity contribution < 1.29 is 0 Å². The minimum atomic E-state index is 0.133. The maximum Gasteiger partial charge on any atom is 0.0644 e. The molecule has 0 fully saturated rings. The second-order valence-corrected chi connectivity index (χ2v) is 5.37. The zero-order chi connectivity index (χ0) is 13.7. The van der Waals surface area contributed by atoms with Crippen molar-refractivity contribution in [2.75, 3.05) is 13.6 Å². The van der Waals surface area contributed by atoms with E-state index in [0.29, 0.717) is 6.54 Å². The van der Waals surface area contributed by atoms with E-state index in [-0.39, 0.29) is 6.04 Å². The van der Waals surface area contributed by atoms with Crippen LogP contribution in [0, 0.1) is 0 Å². The number of nitrogens with zero attached hydrogens (tertiary/aromatic N) is 2. The Bertz CT molecular complexity index is 516. The Kier molecular flexibility index (Phi) is 5.07. The fourth-order valence-electron chi connectivity index (χ4n) is 2.11. The van der Waals surface area contributed by atoms with E-state index in [1.807, 2.05) is 36.5 Å². The lowest BCUT2D eigenvalue weighted by Gasteiger charge is -2.26. The predicted octanol–water partition coefficient (Wildman–Crippen LogP) is 2.98. The van der Waals surface area contributed by atoms with Gasteiger partial charge >= 0.3 is 0 Å². The van der Waals surface area contributed by atoms with E-state index in [2.05, 4.69) is 45.0 Å². The first-order valence-electron chi connectivity index (χ1n) is 6.27. The average Bonchev–Trinajstić information content (AvgIpc) is 2.43. The molecular weight excluding hydrogens is 302 g/mol. The van der Waals surface area contributed by atoms with Crippen molar-refractivity contribution in [3.63, 3.8) is 0 Å². The summed E-state index contributed by atoms with van der Waals surface area (Å²) < 4.78 is 1.12. The summed E-state index contributed by atoms with van der Waals surface area (Å²) in [5, 5.41) is 0. The summed E-state index contributed by atoms with van der Waals surface area (Å²) in [5.41, 5.74) is 8.17. The van der Waals surface area contributed by atoms with Gasteiger partial charge in [-0.25, -0.2) is 0 Å². The maximum atomic E-state index is 5.90. The van der Waals surface area contributed by atoms with Crippen LogP contribution in [0.15, 0.2) is 53.1 Å². The normalized spacial score (nSPS) is 12.6. The predicted molar refractivity (Wildman–Crippen MR) is 81.6 cm³/mol. The molecule has 0 spiro atoms. The van der Waals surface area contributed by atoms with Crippen molar-refractivity contribution >= 4 is 15.9 Å². The first-order chi connectivity index (χ1) is 9.22. The van der Waals surface area contributed by atoms with E-state index in [1.165, 1.54) is 5.56 Å². The van der Waals surface area contributed by atoms with Gasteiger partial charge in [0.2, 0.25) is 0 Å². The van der Waals surface area contributed by atoms with E-state index >= 15 is 0 Å². The van der Waals surface area contributed by atoms with Gasteiger partial charge in [0.05, 0.1) is 11.7 Å². The second-order valence-electron chi connectivity index (χ2n) is 4.51. The minimum Gasteiger partial charge on any atom is -0.329 e. The SMILES string of the molecule is CN(Cc1ccccc1Br)C(CN)c1ccccn1. The lowest BCUT2D eigenvalue weighted by molar-refractivity contribution is 0.237. The van der Waals surface area contributed by atoms with Crippen LogP contribution in [0.5, 0.6) is 0 Å². The molecule has 0 aliphatic carbocycles. The molecule has 1 atom stereocenters. The van der Waals surface area contributed by atoms with Crippen LogP contribution in [0.4, 0.5) is 0 Å². The summed E-state index contributed by atoms with van der Waals surface area (Å²) in [7, 11) is 2.08. The molecule has 0 aliphatic rings. The molecular formula is C15H18BrN3. The third kappa shape index (κ3) is 3.62. The van der Waals surface area contributed by atoms with Gasteiger partial charge in [-0.05, 0) is 30.8 Å². The van der Waals surface area contributed by atoms with Crippen LogP contribution in [-0.2, 0) is 6.54 Å². The lowest BCUT2D eigenvalue weighted by Crippen LogP contribution is -2.30. The number of hydrogen-bond acceptors (Lipinski definition) is 3. The van der Waals surface area contributed by atoms with Gasteiger partial charge in [-0.3, -0.25) is 9.88 Å². The van der Waals surface area contributed by atoms with E-state index in [4.69, 9.17) is 5.73 Å². The highest BCUT2D eigenvalue weighted by molar-refractivity contribution is 9.10. The molecule has 19 heavy (non-hydrogen) atoms. The van der Waals surface area contributed by atoms with Crippen molar-refractivity contribution in [1.29, 1.82) is 0 Å². The number of benzene rings is 1. The van der Waals surface area contributed by atoms with E-state index < -0.39 is 0 Å². The van der Waals surface area contributed by atoms with Crippen molar-refractivity contribution in [1.82, 2.24) is 9.88 Å². The Morgan fingerprint density at radius 2 is 1.95 bits per heavy atom. The molecule has 2 aromatic rings. The summed E-state index contributed by atoms with van der Waals surface area (Å²) in [4.78, 5) is 6.63.